The minimum atomic E-state index is -1.19. The van der Waals surface area contributed by atoms with Gasteiger partial charge in [0, 0.05) is 0 Å². The fourth-order valence-corrected chi connectivity index (χ4v) is 3.65. The zero-order chi connectivity index (χ0) is 11.0. The predicted octanol–water partition coefficient (Wildman–Crippen LogP) is 3.53. The van der Waals surface area contributed by atoms with E-state index in [4.69, 9.17) is 0 Å². The molecule has 1 aromatic rings. The van der Waals surface area contributed by atoms with Crippen molar-refractivity contribution in [3.8, 4) is 0 Å². The van der Waals surface area contributed by atoms with Gasteiger partial charge >= 0.3 is 0 Å². The Kier molecular flexibility index (Phi) is 2.91. The predicted molar refractivity (Wildman–Crippen MR) is 68.1 cm³/mol. The highest BCUT2D eigenvalue weighted by Crippen LogP contribution is 2.22. The minimum absolute atomic E-state index is 0.275. The molecule has 0 heterocycles. The molecule has 0 amide bonds. The molecule has 0 atom stereocenters. The van der Waals surface area contributed by atoms with Crippen LogP contribution in [0.2, 0.25) is 19.6 Å². The van der Waals surface area contributed by atoms with Crippen LogP contribution in [0.1, 0.15) is 26.3 Å². The van der Waals surface area contributed by atoms with E-state index in [2.05, 4.69) is 64.7 Å². The minimum Gasteiger partial charge on any atom is -0.0656 e. The molecule has 0 unspecified atom stereocenters. The van der Waals surface area contributed by atoms with E-state index < -0.39 is 8.07 Å². The van der Waals surface area contributed by atoms with Crippen molar-refractivity contribution < 1.29 is 0 Å². The monoisotopic (exact) mass is 206 g/mol. The Bertz CT molecular complexity index is 280. The average molecular weight is 206 g/mol. The topological polar surface area (TPSA) is 0 Å². The molecule has 0 aliphatic heterocycles. The average Bonchev–Trinajstić information content (AvgIpc) is 2.01. The third-order valence-corrected chi connectivity index (χ3v) is 4.60. The molecule has 1 rings (SSSR count). The van der Waals surface area contributed by atoms with Crippen molar-refractivity contribution in [2.45, 2.75) is 45.8 Å². The largest absolute Gasteiger partial charge is 0.0779 e. The summed E-state index contributed by atoms with van der Waals surface area (Å²) in [5.41, 5.74) is 1.80. The van der Waals surface area contributed by atoms with Crippen molar-refractivity contribution in [3.63, 3.8) is 0 Å². The first-order chi connectivity index (χ1) is 6.23. The Hall–Kier alpha value is -0.563. The van der Waals surface area contributed by atoms with E-state index in [1.54, 1.807) is 5.19 Å². The highest BCUT2D eigenvalue weighted by atomic mass is 28.3. The molecule has 0 saturated heterocycles. The molecule has 1 aromatic carbocycles. The summed E-state index contributed by atoms with van der Waals surface area (Å²) >= 11 is 0. The van der Waals surface area contributed by atoms with E-state index in [9.17, 15) is 0 Å². The van der Waals surface area contributed by atoms with E-state index >= 15 is 0 Å². The van der Waals surface area contributed by atoms with Crippen LogP contribution in [0.25, 0.3) is 0 Å². The van der Waals surface area contributed by atoms with Crippen LogP contribution in [-0.4, -0.2) is 8.07 Å². The van der Waals surface area contributed by atoms with E-state index in [-0.39, 0.29) is 5.41 Å². The maximum atomic E-state index is 2.41. The molecule has 0 fully saturated rings. The summed E-state index contributed by atoms with van der Waals surface area (Å²) in [5, 5.41) is 1.60. The normalized spacial score (nSPS) is 13.0. The van der Waals surface area contributed by atoms with E-state index in [1.165, 1.54) is 5.56 Å². The molecule has 14 heavy (non-hydrogen) atoms. The SMILES string of the molecule is CC(C)(C)c1ccccc1[Si](C)(C)C. The second-order valence-electron chi connectivity index (χ2n) is 6.05. The lowest BCUT2D eigenvalue weighted by Crippen LogP contribution is -2.42. The van der Waals surface area contributed by atoms with Crippen LogP contribution in [0.5, 0.6) is 0 Å². The van der Waals surface area contributed by atoms with Crippen molar-refractivity contribution in [2.24, 2.45) is 0 Å². The first-order valence-electron chi connectivity index (χ1n) is 5.33. The maximum Gasteiger partial charge on any atom is 0.0779 e. The van der Waals surface area contributed by atoms with Crippen LogP contribution in [0, 0.1) is 0 Å². The molecule has 0 bridgehead atoms. The second kappa shape index (κ2) is 3.54. The third-order valence-electron chi connectivity index (χ3n) is 2.54. The summed E-state index contributed by atoms with van der Waals surface area (Å²) in [5.74, 6) is 0. The Balaban J connectivity index is 3.31. The van der Waals surface area contributed by atoms with Crippen LogP contribution >= 0.6 is 0 Å². The molecule has 0 aromatic heterocycles. The summed E-state index contributed by atoms with van der Waals surface area (Å²) in [4.78, 5) is 0. The third kappa shape index (κ3) is 2.47. The molecule has 1 heteroatoms. The van der Waals surface area contributed by atoms with Crippen molar-refractivity contribution in [3.05, 3.63) is 29.8 Å². The summed E-state index contributed by atoms with van der Waals surface area (Å²) in [6.07, 6.45) is 0. The van der Waals surface area contributed by atoms with Gasteiger partial charge in [-0.1, -0.05) is 69.9 Å². The molecule has 0 nitrogen and oxygen atoms in total. The zero-order valence-electron chi connectivity index (χ0n) is 10.3. The quantitative estimate of drug-likeness (QED) is 0.617. The zero-order valence-corrected chi connectivity index (χ0v) is 11.3. The van der Waals surface area contributed by atoms with Crippen LogP contribution in [0.4, 0.5) is 0 Å². The van der Waals surface area contributed by atoms with Crippen molar-refractivity contribution in [1.29, 1.82) is 0 Å². The molecule has 0 N–H and O–H groups in total. The fraction of sp³-hybridized carbons (Fsp3) is 0.538. The van der Waals surface area contributed by atoms with Gasteiger partial charge in [-0.2, -0.15) is 0 Å². The lowest BCUT2D eigenvalue weighted by molar-refractivity contribution is 0.593. The molecule has 0 spiro atoms. The maximum absolute atomic E-state index is 2.41. The van der Waals surface area contributed by atoms with Gasteiger partial charge in [-0.3, -0.25) is 0 Å². The Labute approximate surface area is 89.4 Å². The fourth-order valence-electron chi connectivity index (χ4n) is 1.79. The van der Waals surface area contributed by atoms with Crippen LogP contribution in [0.3, 0.4) is 0 Å². The Morgan fingerprint density at radius 1 is 0.929 bits per heavy atom. The van der Waals surface area contributed by atoms with Gasteiger partial charge in [-0.25, -0.2) is 0 Å². The van der Waals surface area contributed by atoms with Gasteiger partial charge in [-0.15, -0.1) is 0 Å². The number of benzene rings is 1. The van der Waals surface area contributed by atoms with Crippen molar-refractivity contribution in [2.75, 3.05) is 0 Å². The molecular weight excluding hydrogens is 184 g/mol. The van der Waals surface area contributed by atoms with Gasteiger partial charge in [0.1, 0.15) is 0 Å². The van der Waals surface area contributed by atoms with Gasteiger partial charge in [0.2, 0.25) is 0 Å². The van der Waals surface area contributed by atoms with Gasteiger partial charge < -0.3 is 0 Å². The van der Waals surface area contributed by atoms with Crippen molar-refractivity contribution in [1.82, 2.24) is 0 Å². The van der Waals surface area contributed by atoms with Gasteiger partial charge in [0.25, 0.3) is 0 Å². The number of hydrogen-bond donors (Lipinski definition) is 0. The van der Waals surface area contributed by atoms with E-state index in [1.807, 2.05) is 0 Å². The second-order valence-corrected chi connectivity index (χ2v) is 11.1. The van der Waals surface area contributed by atoms with E-state index in [0.29, 0.717) is 0 Å². The molecular formula is C13H22Si. The highest BCUT2D eigenvalue weighted by molar-refractivity contribution is 6.89. The molecule has 0 aliphatic rings. The lowest BCUT2D eigenvalue weighted by Gasteiger charge is -2.28. The van der Waals surface area contributed by atoms with Crippen LogP contribution in [0.15, 0.2) is 24.3 Å². The summed E-state index contributed by atoms with van der Waals surface area (Å²) < 4.78 is 0. The number of rotatable bonds is 1. The molecule has 0 aliphatic carbocycles. The first kappa shape index (κ1) is 11.5. The molecule has 0 saturated carbocycles. The van der Waals surface area contributed by atoms with Crippen LogP contribution < -0.4 is 5.19 Å². The molecule has 0 radical (unpaired) electrons. The number of hydrogen-bond acceptors (Lipinski definition) is 0. The van der Waals surface area contributed by atoms with Gasteiger partial charge in [-0.05, 0) is 11.0 Å². The van der Waals surface area contributed by atoms with Crippen LogP contribution in [-0.2, 0) is 5.41 Å². The van der Waals surface area contributed by atoms with Crippen molar-refractivity contribution >= 4 is 13.3 Å². The molecule has 78 valence electrons. The van der Waals surface area contributed by atoms with Gasteiger partial charge in [0.15, 0.2) is 0 Å². The smallest absolute Gasteiger partial charge is 0.0656 e. The Morgan fingerprint density at radius 2 is 1.43 bits per heavy atom. The van der Waals surface area contributed by atoms with E-state index in [0.717, 1.165) is 0 Å². The summed E-state index contributed by atoms with van der Waals surface area (Å²) in [7, 11) is -1.19. The lowest BCUT2D eigenvalue weighted by atomic mass is 9.87. The summed E-state index contributed by atoms with van der Waals surface area (Å²) in [6.45, 7) is 14.1. The van der Waals surface area contributed by atoms with Gasteiger partial charge in [0.05, 0.1) is 8.07 Å². The summed E-state index contributed by atoms with van der Waals surface area (Å²) in [6, 6.07) is 8.92. The standard InChI is InChI=1S/C13H22Si/c1-13(2,3)11-9-7-8-10-12(11)14(4,5)6/h7-10H,1-6H3. The Morgan fingerprint density at radius 3 is 1.79 bits per heavy atom. The highest BCUT2D eigenvalue weighted by Gasteiger charge is 2.25. The first-order valence-corrected chi connectivity index (χ1v) is 8.83.